The van der Waals surface area contributed by atoms with Gasteiger partial charge in [-0.15, -0.1) is 0 Å². The number of nitrogens with two attached hydrogens (primary N) is 1. The Morgan fingerprint density at radius 2 is 2.32 bits per heavy atom. The van der Waals surface area contributed by atoms with E-state index in [1.165, 1.54) is 0 Å². The molecule has 1 amide bonds. The minimum absolute atomic E-state index is 0.0254. The van der Waals surface area contributed by atoms with Gasteiger partial charge in [-0.2, -0.15) is 0 Å². The molecular formula is C14H23N3O2. The Morgan fingerprint density at radius 1 is 1.53 bits per heavy atom. The van der Waals surface area contributed by atoms with Crippen LogP contribution in [0.15, 0.2) is 16.5 Å². The molecule has 3 N–H and O–H groups in total. The molecule has 0 spiro atoms. The van der Waals surface area contributed by atoms with E-state index in [1.54, 1.807) is 0 Å². The topological polar surface area (TPSA) is 71.5 Å². The average molecular weight is 265 g/mol. The molecule has 2 rings (SSSR count). The SMILES string of the molecule is CCC(N)C(c1ccc(C)o1)N1CCCNC(=O)C1. The van der Waals surface area contributed by atoms with Gasteiger partial charge >= 0.3 is 0 Å². The summed E-state index contributed by atoms with van der Waals surface area (Å²) in [6.07, 6.45) is 1.79. The van der Waals surface area contributed by atoms with E-state index in [0.29, 0.717) is 6.54 Å². The van der Waals surface area contributed by atoms with Crippen LogP contribution in [0.2, 0.25) is 0 Å². The predicted molar refractivity (Wildman–Crippen MR) is 73.7 cm³/mol. The molecule has 5 nitrogen and oxygen atoms in total. The zero-order valence-corrected chi connectivity index (χ0v) is 11.7. The normalized spacial score (nSPS) is 20.7. The molecule has 19 heavy (non-hydrogen) atoms. The summed E-state index contributed by atoms with van der Waals surface area (Å²) in [7, 11) is 0. The van der Waals surface area contributed by atoms with Crippen LogP contribution in [-0.4, -0.2) is 36.5 Å². The summed E-state index contributed by atoms with van der Waals surface area (Å²) in [5.41, 5.74) is 6.25. The number of carbonyl (C=O) groups excluding carboxylic acids is 1. The second kappa shape index (κ2) is 6.21. The maximum Gasteiger partial charge on any atom is 0.234 e. The molecule has 0 bridgehead atoms. The molecule has 2 atom stereocenters. The summed E-state index contributed by atoms with van der Waals surface area (Å²) in [5, 5.41) is 2.89. The van der Waals surface area contributed by atoms with E-state index in [-0.39, 0.29) is 18.0 Å². The highest BCUT2D eigenvalue weighted by molar-refractivity contribution is 5.78. The smallest absolute Gasteiger partial charge is 0.234 e. The van der Waals surface area contributed by atoms with Crippen LogP contribution in [0.25, 0.3) is 0 Å². The van der Waals surface area contributed by atoms with Gasteiger partial charge in [0.15, 0.2) is 0 Å². The van der Waals surface area contributed by atoms with E-state index in [2.05, 4.69) is 17.1 Å². The van der Waals surface area contributed by atoms with Gasteiger partial charge in [0.1, 0.15) is 11.5 Å². The zero-order valence-electron chi connectivity index (χ0n) is 11.7. The third-order valence-electron chi connectivity index (χ3n) is 3.61. The van der Waals surface area contributed by atoms with Crippen LogP contribution in [0.3, 0.4) is 0 Å². The fourth-order valence-electron chi connectivity index (χ4n) is 2.56. The van der Waals surface area contributed by atoms with Crippen molar-refractivity contribution in [3.8, 4) is 0 Å². The quantitative estimate of drug-likeness (QED) is 0.858. The van der Waals surface area contributed by atoms with Crippen LogP contribution in [-0.2, 0) is 4.79 Å². The molecule has 0 aromatic carbocycles. The van der Waals surface area contributed by atoms with Gasteiger partial charge in [-0.05, 0) is 31.9 Å². The van der Waals surface area contributed by atoms with Gasteiger partial charge in [-0.25, -0.2) is 0 Å². The highest BCUT2D eigenvalue weighted by atomic mass is 16.3. The first-order valence-corrected chi connectivity index (χ1v) is 6.94. The summed E-state index contributed by atoms with van der Waals surface area (Å²) in [6, 6.07) is 3.86. The van der Waals surface area contributed by atoms with E-state index < -0.39 is 0 Å². The molecule has 1 aromatic heterocycles. The number of amides is 1. The molecule has 1 aromatic rings. The van der Waals surface area contributed by atoms with Crippen molar-refractivity contribution in [3.63, 3.8) is 0 Å². The van der Waals surface area contributed by atoms with Gasteiger partial charge in [-0.1, -0.05) is 6.92 Å². The molecule has 2 unspecified atom stereocenters. The van der Waals surface area contributed by atoms with Gasteiger partial charge in [0.2, 0.25) is 5.91 Å². The molecule has 0 radical (unpaired) electrons. The lowest BCUT2D eigenvalue weighted by molar-refractivity contribution is -0.122. The van der Waals surface area contributed by atoms with E-state index in [4.69, 9.17) is 10.2 Å². The molecule has 2 heterocycles. The summed E-state index contributed by atoms with van der Waals surface area (Å²) in [4.78, 5) is 13.9. The van der Waals surface area contributed by atoms with Crippen LogP contribution >= 0.6 is 0 Å². The number of carbonyl (C=O) groups is 1. The molecule has 1 fully saturated rings. The second-order valence-electron chi connectivity index (χ2n) is 5.14. The van der Waals surface area contributed by atoms with Crippen molar-refractivity contribution in [3.05, 3.63) is 23.7 Å². The van der Waals surface area contributed by atoms with E-state index in [1.807, 2.05) is 19.1 Å². The van der Waals surface area contributed by atoms with Gasteiger partial charge in [0.05, 0.1) is 12.6 Å². The number of aryl methyl sites for hydroxylation is 1. The molecule has 1 aliphatic heterocycles. The first-order valence-electron chi connectivity index (χ1n) is 6.94. The van der Waals surface area contributed by atoms with Crippen molar-refractivity contribution in [2.75, 3.05) is 19.6 Å². The summed E-state index contributed by atoms with van der Waals surface area (Å²) in [6.45, 7) is 5.97. The molecule has 0 saturated carbocycles. The average Bonchev–Trinajstić information content (AvgIpc) is 2.68. The Labute approximate surface area is 114 Å². The van der Waals surface area contributed by atoms with Crippen molar-refractivity contribution in [1.29, 1.82) is 0 Å². The lowest BCUT2D eigenvalue weighted by Gasteiger charge is -2.32. The third kappa shape index (κ3) is 3.36. The van der Waals surface area contributed by atoms with E-state index in [9.17, 15) is 4.79 Å². The number of hydrogen-bond acceptors (Lipinski definition) is 4. The standard InChI is InChI=1S/C14H23N3O2/c1-3-11(15)14(12-6-5-10(2)19-12)17-8-4-7-16-13(18)9-17/h5-6,11,14H,3-4,7-9,15H2,1-2H3,(H,16,18). The molecular weight excluding hydrogens is 242 g/mol. The maximum absolute atomic E-state index is 11.7. The van der Waals surface area contributed by atoms with Crippen LogP contribution in [0.5, 0.6) is 0 Å². The van der Waals surface area contributed by atoms with Gasteiger partial charge in [0, 0.05) is 19.1 Å². The largest absolute Gasteiger partial charge is 0.465 e. The highest BCUT2D eigenvalue weighted by Crippen LogP contribution is 2.27. The Kier molecular flexibility index (Phi) is 4.61. The zero-order chi connectivity index (χ0) is 13.8. The summed E-state index contributed by atoms with van der Waals surface area (Å²) < 4.78 is 5.74. The predicted octanol–water partition coefficient (Wildman–Crippen LogP) is 1.19. The monoisotopic (exact) mass is 265 g/mol. The van der Waals surface area contributed by atoms with E-state index >= 15 is 0 Å². The van der Waals surface area contributed by atoms with Gasteiger partial charge in [-0.3, -0.25) is 9.69 Å². The number of furan rings is 1. The van der Waals surface area contributed by atoms with Crippen molar-refractivity contribution >= 4 is 5.91 Å². The van der Waals surface area contributed by atoms with E-state index in [0.717, 1.165) is 37.5 Å². The number of nitrogens with zero attached hydrogens (tertiary/aromatic N) is 1. The Balaban J connectivity index is 2.23. The molecule has 5 heteroatoms. The van der Waals surface area contributed by atoms with Gasteiger partial charge in [0.25, 0.3) is 0 Å². The van der Waals surface area contributed by atoms with Crippen molar-refractivity contribution in [2.45, 2.75) is 38.8 Å². The number of hydrogen-bond donors (Lipinski definition) is 2. The van der Waals surface area contributed by atoms with Crippen molar-refractivity contribution in [1.82, 2.24) is 10.2 Å². The molecule has 106 valence electrons. The fourth-order valence-corrected chi connectivity index (χ4v) is 2.56. The van der Waals surface area contributed by atoms with Crippen molar-refractivity contribution in [2.24, 2.45) is 5.73 Å². The third-order valence-corrected chi connectivity index (χ3v) is 3.61. The first-order chi connectivity index (χ1) is 9.11. The Bertz CT molecular complexity index is 430. The van der Waals surface area contributed by atoms with Crippen LogP contribution in [0, 0.1) is 6.92 Å². The maximum atomic E-state index is 11.7. The minimum Gasteiger partial charge on any atom is -0.465 e. The van der Waals surface area contributed by atoms with Crippen molar-refractivity contribution < 1.29 is 9.21 Å². The summed E-state index contributed by atoms with van der Waals surface area (Å²) in [5.74, 6) is 1.80. The molecule has 0 aliphatic carbocycles. The lowest BCUT2D eigenvalue weighted by atomic mass is 10.0. The molecule has 1 saturated heterocycles. The van der Waals surface area contributed by atoms with Crippen LogP contribution < -0.4 is 11.1 Å². The summed E-state index contributed by atoms with van der Waals surface area (Å²) >= 11 is 0. The number of rotatable bonds is 4. The Hall–Kier alpha value is -1.33. The highest BCUT2D eigenvalue weighted by Gasteiger charge is 2.30. The molecule has 1 aliphatic rings. The lowest BCUT2D eigenvalue weighted by Crippen LogP contribution is -2.43. The van der Waals surface area contributed by atoms with Gasteiger partial charge < -0.3 is 15.5 Å². The van der Waals surface area contributed by atoms with Crippen LogP contribution in [0.1, 0.15) is 37.3 Å². The fraction of sp³-hybridized carbons (Fsp3) is 0.643. The van der Waals surface area contributed by atoms with Crippen LogP contribution in [0.4, 0.5) is 0 Å². The minimum atomic E-state index is -0.0311. The second-order valence-corrected chi connectivity index (χ2v) is 5.14. The Morgan fingerprint density at radius 3 is 2.95 bits per heavy atom. The number of nitrogens with one attached hydrogen (secondary N) is 1. The first kappa shape index (κ1) is 14.1.